The molecular weight excluding hydrogens is 296 g/mol. The summed E-state index contributed by atoms with van der Waals surface area (Å²) in [7, 11) is 0. The van der Waals surface area contributed by atoms with Crippen molar-refractivity contribution < 1.29 is 19.1 Å². The van der Waals surface area contributed by atoms with Crippen LogP contribution in [0.4, 0.5) is 5.69 Å². The Labute approximate surface area is 135 Å². The Bertz CT molecular complexity index is 546. The van der Waals surface area contributed by atoms with Gasteiger partial charge < -0.3 is 19.7 Å². The van der Waals surface area contributed by atoms with Crippen LogP contribution in [0.3, 0.4) is 0 Å². The molecule has 2 aliphatic rings. The number of ether oxygens (including phenoxy) is 2. The molecule has 0 spiro atoms. The maximum Gasteiger partial charge on any atom is 0.254 e. The Morgan fingerprint density at radius 1 is 1.13 bits per heavy atom. The fraction of sp³-hybridized carbons (Fsp3) is 0.529. The lowest BCUT2D eigenvalue weighted by molar-refractivity contribution is -0.118. The minimum atomic E-state index is -0.0517. The van der Waals surface area contributed by atoms with Gasteiger partial charge in [-0.05, 0) is 37.1 Å². The second kappa shape index (κ2) is 7.57. The van der Waals surface area contributed by atoms with E-state index in [1.165, 1.54) is 0 Å². The topological polar surface area (TPSA) is 67.9 Å². The van der Waals surface area contributed by atoms with Gasteiger partial charge in [-0.25, -0.2) is 0 Å². The van der Waals surface area contributed by atoms with Crippen LogP contribution in [0.1, 0.15) is 29.6 Å². The summed E-state index contributed by atoms with van der Waals surface area (Å²) in [4.78, 5) is 26.1. The van der Waals surface area contributed by atoms with Crippen LogP contribution in [0.2, 0.25) is 0 Å². The van der Waals surface area contributed by atoms with Crippen LogP contribution in [0, 0.1) is 0 Å². The van der Waals surface area contributed by atoms with Gasteiger partial charge in [0.25, 0.3) is 5.91 Å². The summed E-state index contributed by atoms with van der Waals surface area (Å²) in [6.45, 7) is 3.17. The van der Waals surface area contributed by atoms with Gasteiger partial charge in [0.1, 0.15) is 0 Å². The summed E-state index contributed by atoms with van der Waals surface area (Å²) in [5, 5.41) is 2.85. The van der Waals surface area contributed by atoms with Crippen LogP contribution in [0.5, 0.6) is 0 Å². The number of benzene rings is 1. The average Bonchev–Trinajstić information content (AvgIpc) is 3.08. The van der Waals surface area contributed by atoms with Crippen molar-refractivity contribution in [3.8, 4) is 0 Å². The minimum Gasteiger partial charge on any atom is -0.378 e. The first-order chi connectivity index (χ1) is 11.2. The largest absolute Gasteiger partial charge is 0.378 e. The van der Waals surface area contributed by atoms with E-state index in [9.17, 15) is 9.59 Å². The number of hydrogen-bond donors (Lipinski definition) is 1. The standard InChI is InChI=1S/C17H22N2O4/c20-16(12-15-2-1-9-23-15)18-14-5-3-13(4-6-14)17(21)19-7-10-22-11-8-19/h3-6,15H,1-2,7-12H2,(H,18,20). The molecule has 1 atom stereocenters. The molecule has 2 heterocycles. The molecule has 0 radical (unpaired) electrons. The Hall–Kier alpha value is -1.92. The zero-order valence-electron chi connectivity index (χ0n) is 13.1. The zero-order chi connectivity index (χ0) is 16.1. The van der Waals surface area contributed by atoms with Crippen LogP contribution in [0.25, 0.3) is 0 Å². The van der Waals surface area contributed by atoms with Gasteiger partial charge in [0.15, 0.2) is 0 Å². The van der Waals surface area contributed by atoms with Crippen molar-refractivity contribution in [2.75, 3.05) is 38.2 Å². The summed E-state index contributed by atoms with van der Waals surface area (Å²) < 4.78 is 10.7. The summed E-state index contributed by atoms with van der Waals surface area (Å²) in [5.41, 5.74) is 1.33. The normalized spacial score (nSPS) is 21.2. The number of hydrogen-bond acceptors (Lipinski definition) is 4. The van der Waals surface area contributed by atoms with E-state index in [0.717, 1.165) is 19.4 Å². The molecule has 23 heavy (non-hydrogen) atoms. The maximum absolute atomic E-state index is 12.3. The van der Waals surface area contributed by atoms with Crippen molar-refractivity contribution in [2.45, 2.75) is 25.4 Å². The van der Waals surface area contributed by atoms with Crippen molar-refractivity contribution in [2.24, 2.45) is 0 Å². The minimum absolute atomic E-state index is 0.00512. The number of carbonyl (C=O) groups is 2. The molecule has 0 bridgehead atoms. The smallest absolute Gasteiger partial charge is 0.254 e. The predicted octanol–water partition coefficient (Wildman–Crippen LogP) is 1.67. The van der Waals surface area contributed by atoms with Gasteiger partial charge >= 0.3 is 0 Å². The lowest BCUT2D eigenvalue weighted by atomic mass is 10.1. The number of nitrogens with zero attached hydrogens (tertiary/aromatic N) is 1. The predicted molar refractivity (Wildman–Crippen MR) is 85.4 cm³/mol. The first-order valence-corrected chi connectivity index (χ1v) is 8.11. The van der Waals surface area contributed by atoms with Gasteiger partial charge in [0.05, 0.1) is 25.7 Å². The second-order valence-corrected chi connectivity index (χ2v) is 5.87. The van der Waals surface area contributed by atoms with Crippen molar-refractivity contribution in [1.29, 1.82) is 0 Å². The first kappa shape index (κ1) is 16.0. The number of anilines is 1. The van der Waals surface area contributed by atoms with Gasteiger partial charge in [-0.15, -0.1) is 0 Å². The third kappa shape index (κ3) is 4.30. The van der Waals surface area contributed by atoms with Gasteiger partial charge in [-0.1, -0.05) is 0 Å². The van der Waals surface area contributed by atoms with Gasteiger partial charge in [-0.2, -0.15) is 0 Å². The fourth-order valence-corrected chi connectivity index (χ4v) is 2.87. The molecule has 1 unspecified atom stereocenters. The molecule has 0 aromatic heterocycles. The van der Waals surface area contributed by atoms with Crippen molar-refractivity contribution >= 4 is 17.5 Å². The number of nitrogens with one attached hydrogen (secondary N) is 1. The van der Waals surface area contributed by atoms with E-state index in [1.807, 2.05) is 0 Å². The highest BCUT2D eigenvalue weighted by atomic mass is 16.5. The van der Waals surface area contributed by atoms with Crippen LogP contribution in [0.15, 0.2) is 24.3 Å². The Balaban J connectivity index is 1.53. The summed E-state index contributed by atoms with van der Waals surface area (Å²) in [5.74, 6) is -0.0466. The Kier molecular flexibility index (Phi) is 5.25. The Morgan fingerprint density at radius 2 is 1.87 bits per heavy atom. The van der Waals surface area contributed by atoms with Crippen molar-refractivity contribution in [3.05, 3.63) is 29.8 Å². The van der Waals surface area contributed by atoms with Crippen molar-refractivity contribution in [3.63, 3.8) is 0 Å². The SMILES string of the molecule is O=C(CC1CCCO1)Nc1ccc(C(=O)N2CCOCC2)cc1. The first-order valence-electron chi connectivity index (χ1n) is 8.11. The molecule has 2 amide bonds. The molecule has 6 nitrogen and oxygen atoms in total. The molecule has 0 aliphatic carbocycles. The highest BCUT2D eigenvalue weighted by Gasteiger charge is 2.20. The number of carbonyl (C=O) groups excluding carboxylic acids is 2. The quantitative estimate of drug-likeness (QED) is 0.917. The van der Waals surface area contributed by atoms with Crippen molar-refractivity contribution in [1.82, 2.24) is 4.90 Å². The molecule has 2 aliphatic heterocycles. The van der Waals surface area contributed by atoms with E-state index in [1.54, 1.807) is 29.2 Å². The second-order valence-electron chi connectivity index (χ2n) is 5.87. The molecule has 3 rings (SSSR count). The third-order valence-corrected chi connectivity index (χ3v) is 4.15. The number of morpholine rings is 1. The van der Waals surface area contributed by atoms with Crippen LogP contribution >= 0.6 is 0 Å². The zero-order valence-corrected chi connectivity index (χ0v) is 13.1. The molecule has 0 saturated carbocycles. The van der Waals surface area contributed by atoms with Gasteiger partial charge in [0, 0.05) is 30.9 Å². The summed E-state index contributed by atoms with van der Waals surface area (Å²) in [6, 6.07) is 7.03. The van der Waals surface area contributed by atoms with E-state index < -0.39 is 0 Å². The van der Waals surface area contributed by atoms with Crippen LogP contribution < -0.4 is 5.32 Å². The average molecular weight is 318 g/mol. The monoisotopic (exact) mass is 318 g/mol. The molecule has 2 saturated heterocycles. The van der Waals surface area contributed by atoms with Crippen LogP contribution in [-0.4, -0.2) is 55.7 Å². The van der Waals surface area contributed by atoms with E-state index in [2.05, 4.69) is 5.32 Å². The molecule has 1 aromatic carbocycles. The summed E-state index contributed by atoms with van der Waals surface area (Å²) >= 11 is 0. The lowest BCUT2D eigenvalue weighted by Gasteiger charge is -2.26. The van der Waals surface area contributed by atoms with E-state index in [4.69, 9.17) is 9.47 Å². The number of rotatable bonds is 4. The molecule has 2 fully saturated rings. The van der Waals surface area contributed by atoms with Gasteiger partial charge in [-0.3, -0.25) is 9.59 Å². The van der Waals surface area contributed by atoms with Crippen LogP contribution in [-0.2, 0) is 14.3 Å². The molecule has 6 heteroatoms. The Morgan fingerprint density at radius 3 is 2.52 bits per heavy atom. The third-order valence-electron chi connectivity index (χ3n) is 4.15. The lowest BCUT2D eigenvalue weighted by Crippen LogP contribution is -2.40. The number of amides is 2. The molecular formula is C17H22N2O4. The molecule has 1 aromatic rings. The van der Waals surface area contributed by atoms with Gasteiger partial charge in [0.2, 0.25) is 5.91 Å². The molecule has 1 N–H and O–H groups in total. The van der Waals surface area contributed by atoms with E-state index >= 15 is 0 Å². The molecule has 124 valence electrons. The fourth-order valence-electron chi connectivity index (χ4n) is 2.87. The maximum atomic E-state index is 12.3. The summed E-state index contributed by atoms with van der Waals surface area (Å²) in [6.07, 6.45) is 2.39. The van der Waals surface area contributed by atoms with E-state index in [0.29, 0.717) is 44.0 Å². The highest BCUT2D eigenvalue weighted by Crippen LogP contribution is 2.17. The van der Waals surface area contributed by atoms with E-state index in [-0.39, 0.29) is 17.9 Å². The highest BCUT2D eigenvalue weighted by molar-refractivity contribution is 5.96.